The monoisotopic (exact) mass is 249 g/mol. The molecule has 1 aliphatic rings. The summed E-state index contributed by atoms with van der Waals surface area (Å²) in [7, 11) is 0. The first-order chi connectivity index (χ1) is 8.15. The predicted molar refractivity (Wildman–Crippen MR) is 76.5 cm³/mol. The van der Waals surface area contributed by atoms with Crippen molar-refractivity contribution in [3.8, 4) is 0 Å². The summed E-state index contributed by atoms with van der Waals surface area (Å²) < 4.78 is 0. The molecule has 2 unspecified atom stereocenters. The number of nitrogens with two attached hydrogens (primary N) is 1. The molecule has 0 saturated heterocycles. The maximum absolute atomic E-state index is 6.15. The highest BCUT2D eigenvalue weighted by molar-refractivity contribution is 8.00. The number of rotatable bonds is 5. The van der Waals surface area contributed by atoms with Crippen molar-refractivity contribution < 1.29 is 0 Å². The van der Waals surface area contributed by atoms with Crippen LogP contribution in [0.4, 0.5) is 0 Å². The Morgan fingerprint density at radius 3 is 2.82 bits per heavy atom. The van der Waals surface area contributed by atoms with Crippen LogP contribution in [0, 0.1) is 5.92 Å². The molecular weight excluding hydrogens is 226 g/mol. The van der Waals surface area contributed by atoms with Crippen LogP contribution in [0.3, 0.4) is 0 Å². The average molecular weight is 249 g/mol. The number of thioether (sulfide) groups is 1. The highest BCUT2D eigenvalue weighted by atomic mass is 32.2. The van der Waals surface area contributed by atoms with Crippen molar-refractivity contribution >= 4 is 11.8 Å². The zero-order valence-corrected chi connectivity index (χ0v) is 11.7. The van der Waals surface area contributed by atoms with Gasteiger partial charge in [-0.25, -0.2) is 0 Å². The molecule has 2 atom stereocenters. The second kappa shape index (κ2) is 5.92. The summed E-state index contributed by atoms with van der Waals surface area (Å²) in [5.74, 6) is 0.721. The minimum Gasteiger partial charge on any atom is -0.328 e. The molecule has 1 nitrogen and oxygen atoms in total. The summed E-state index contributed by atoms with van der Waals surface area (Å²) in [4.78, 5) is 1.48. The maximum atomic E-state index is 6.15. The van der Waals surface area contributed by atoms with E-state index in [-0.39, 0.29) is 0 Å². The number of hydrogen-bond donors (Lipinski definition) is 1. The fraction of sp³-hybridized carbons (Fsp3) is 0.600. The van der Waals surface area contributed by atoms with Gasteiger partial charge in [-0.15, -0.1) is 11.8 Å². The van der Waals surface area contributed by atoms with Gasteiger partial charge in [-0.3, -0.25) is 0 Å². The maximum Gasteiger partial charge on any atom is 0.0136 e. The average Bonchev–Trinajstić information content (AvgIpc) is 2.68. The fourth-order valence-corrected chi connectivity index (χ4v) is 3.87. The van der Waals surface area contributed by atoms with Crippen LogP contribution in [0.25, 0.3) is 0 Å². The lowest BCUT2D eigenvalue weighted by molar-refractivity contribution is 0.460. The summed E-state index contributed by atoms with van der Waals surface area (Å²) in [6.45, 7) is 4.50. The Morgan fingerprint density at radius 1 is 1.35 bits per heavy atom. The Hall–Kier alpha value is -0.470. The highest BCUT2D eigenvalue weighted by Crippen LogP contribution is 2.38. The Morgan fingerprint density at radius 2 is 2.12 bits per heavy atom. The van der Waals surface area contributed by atoms with Crippen molar-refractivity contribution in [3.05, 3.63) is 29.8 Å². The number of fused-ring (bicyclic) bond motifs is 1. The van der Waals surface area contributed by atoms with Gasteiger partial charge in [0.2, 0.25) is 0 Å². The van der Waals surface area contributed by atoms with Crippen LogP contribution in [-0.4, -0.2) is 11.3 Å². The van der Waals surface area contributed by atoms with Gasteiger partial charge in [0.05, 0.1) is 0 Å². The van der Waals surface area contributed by atoms with E-state index in [1.165, 1.54) is 29.7 Å². The van der Waals surface area contributed by atoms with E-state index in [1.807, 2.05) is 11.8 Å². The molecule has 0 aromatic heterocycles. The zero-order valence-electron chi connectivity index (χ0n) is 10.9. The molecule has 0 fully saturated rings. The summed E-state index contributed by atoms with van der Waals surface area (Å²) in [5.41, 5.74) is 7.68. The van der Waals surface area contributed by atoms with Crippen molar-refractivity contribution in [2.75, 3.05) is 0 Å². The van der Waals surface area contributed by atoms with Gasteiger partial charge in [0.15, 0.2) is 0 Å². The van der Waals surface area contributed by atoms with Crippen molar-refractivity contribution in [1.82, 2.24) is 0 Å². The van der Waals surface area contributed by atoms with Gasteiger partial charge in [-0.2, -0.15) is 0 Å². The second-order valence-corrected chi connectivity index (χ2v) is 6.86. The standard InChI is InChI=1S/C15H23NS/c1-11(2)9-13(16)7-8-14-10-12-5-3-4-6-15(12)17-14/h3-6,11,13-14H,7-10,16H2,1-2H3. The third-order valence-corrected chi connectivity index (χ3v) is 4.74. The molecule has 2 heteroatoms. The molecular formula is C15H23NS. The van der Waals surface area contributed by atoms with Crippen LogP contribution in [0.1, 0.15) is 38.7 Å². The van der Waals surface area contributed by atoms with E-state index < -0.39 is 0 Å². The lowest BCUT2D eigenvalue weighted by atomic mass is 9.98. The fourth-order valence-electron chi connectivity index (χ4n) is 2.54. The van der Waals surface area contributed by atoms with Crippen LogP contribution in [-0.2, 0) is 6.42 Å². The summed E-state index contributed by atoms with van der Waals surface area (Å²) in [6, 6.07) is 9.18. The molecule has 0 bridgehead atoms. The minimum atomic E-state index is 0.388. The number of hydrogen-bond acceptors (Lipinski definition) is 2. The van der Waals surface area contributed by atoms with Crippen molar-refractivity contribution in [2.45, 2.75) is 55.7 Å². The van der Waals surface area contributed by atoms with Crippen LogP contribution in [0.5, 0.6) is 0 Å². The van der Waals surface area contributed by atoms with Gasteiger partial charge in [0, 0.05) is 16.2 Å². The van der Waals surface area contributed by atoms with Crippen LogP contribution in [0.2, 0.25) is 0 Å². The van der Waals surface area contributed by atoms with E-state index in [0.29, 0.717) is 6.04 Å². The molecule has 17 heavy (non-hydrogen) atoms. The minimum absolute atomic E-state index is 0.388. The molecule has 1 aliphatic heterocycles. The van der Waals surface area contributed by atoms with Crippen LogP contribution < -0.4 is 5.73 Å². The quantitative estimate of drug-likeness (QED) is 0.857. The lowest BCUT2D eigenvalue weighted by Gasteiger charge is -2.16. The first-order valence-electron chi connectivity index (χ1n) is 6.65. The lowest BCUT2D eigenvalue weighted by Crippen LogP contribution is -2.23. The predicted octanol–water partition coefficient (Wildman–Crippen LogP) is 3.86. The molecule has 2 N–H and O–H groups in total. The normalized spacial score (nSPS) is 20.6. The van der Waals surface area contributed by atoms with Gasteiger partial charge in [-0.05, 0) is 43.2 Å². The molecule has 0 spiro atoms. The molecule has 1 aromatic rings. The van der Waals surface area contributed by atoms with Gasteiger partial charge in [0.1, 0.15) is 0 Å². The molecule has 2 rings (SSSR count). The molecule has 0 aliphatic carbocycles. The Bertz CT molecular complexity index is 337. The van der Waals surface area contributed by atoms with Gasteiger partial charge < -0.3 is 5.73 Å². The van der Waals surface area contributed by atoms with Gasteiger partial charge in [0.25, 0.3) is 0 Å². The Labute approximate surface area is 109 Å². The molecule has 0 amide bonds. The largest absolute Gasteiger partial charge is 0.328 e. The van der Waals surface area contributed by atoms with E-state index in [4.69, 9.17) is 5.73 Å². The molecule has 94 valence electrons. The summed E-state index contributed by atoms with van der Waals surface area (Å²) >= 11 is 2.04. The first kappa shape index (κ1) is 13.0. The molecule has 0 radical (unpaired) electrons. The van der Waals surface area contributed by atoms with Crippen molar-refractivity contribution in [3.63, 3.8) is 0 Å². The molecule has 1 aromatic carbocycles. The van der Waals surface area contributed by atoms with E-state index in [2.05, 4.69) is 38.1 Å². The number of benzene rings is 1. The van der Waals surface area contributed by atoms with Gasteiger partial charge >= 0.3 is 0 Å². The second-order valence-electron chi connectivity index (χ2n) is 5.52. The smallest absolute Gasteiger partial charge is 0.0136 e. The summed E-state index contributed by atoms with van der Waals surface area (Å²) in [5, 5.41) is 0.755. The van der Waals surface area contributed by atoms with E-state index in [1.54, 1.807) is 0 Å². The Balaban J connectivity index is 1.76. The topological polar surface area (TPSA) is 26.0 Å². The summed E-state index contributed by atoms with van der Waals surface area (Å²) in [6.07, 6.45) is 4.82. The SMILES string of the molecule is CC(C)CC(N)CCC1Cc2ccccc2S1. The molecule has 1 heterocycles. The Kier molecular flexibility index (Phi) is 4.52. The van der Waals surface area contributed by atoms with Crippen molar-refractivity contribution in [2.24, 2.45) is 11.7 Å². The van der Waals surface area contributed by atoms with Crippen LogP contribution in [0.15, 0.2) is 29.2 Å². The zero-order chi connectivity index (χ0) is 12.3. The van der Waals surface area contributed by atoms with Crippen LogP contribution >= 0.6 is 11.8 Å². The van der Waals surface area contributed by atoms with Crippen molar-refractivity contribution in [1.29, 1.82) is 0 Å². The third kappa shape index (κ3) is 3.75. The molecule has 0 saturated carbocycles. The van der Waals surface area contributed by atoms with E-state index >= 15 is 0 Å². The third-order valence-electron chi connectivity index (χ3n) is 3.35. The highest BCUT2D eigenvalue weighted by Gasteiger charge is 2.22. The van der Waals surface area contributed by atoms with E-state index in [9.17, 15) is 0 Å². The van der Waals surface area contributed by atoms with E-state index in [0.717, 1.165) is 17.6 Å². The first-order valence-corrected chi connectivity index (χ1v) is 7.53. The van der Waals surface area contributed by atoms with Gasteiger partial charge in [-0.1, -0.05) is 32.0 Å².